The van der Waals surface area contributed by atoms with Gasteiger partial charge in [0.1, 0.15) is 11.0 Å². The van der Waals surface area contributed by atoms with Crippen molar-refractivity contribution in [3.8, 4) is 11.5 Å². The van der Waals surface area contributed by atoms with Gasteiger partial charge in [0.15, 0.2) is 11.5 Å². The van der Waals surface area contributed by atoms with Crippen LogP contribution in [0.3, 0.4) is 0 Å². The molecule has 0 aromatic heterocycles. The summed E-state index contributed by atoms with van der Waals surface area (Å²) in [6, 6.07) is 4.57. The number of rotatable bonds is 2. The molecule has 0 radical (unpaired) electrons. The van der Waals surface area contributed by atoms with Crippen LogP contribution in [-0.2, 0) is 14.7 Å². The van der Waals surface area contributed by atoms with Gasteiger partial charge in [-0.05, 0) is 24.3 Å². The summed E-state index contributed by atoms with van der Waals surface area (Å²) >= 11 is 0. The Morgan fingerprint density at radius 1 is 1.42 bits per heavy atom. The van der Waals surface area contributed by atoms with E-state index in [0.717, 1.165) is 5.41 Å². The van der Waals surface area contributed by atoms with E-state index >= 15 is 0 Å². The van der Waals surface area contributed by atoms with Crippen molar-refractivity contribution in [2.75, 3.05) is 7.11 Å². The molecule has 0 spiro atoms. The van der Waals surface area contributed by atoms with Gasteiger partial charge in [0, 0.05) is 11.0 Å². The molecule has 6 nitrogen and oxygen atoms in total. The van der Waals surface area contributed by atoms with Gasteiger partial charge in [0.25, 0.3) is 0 Å². The molecule has 19 heavy (non-hydrogen) atoms. The molecule has 0 saturated carbocycles. The van der Waals surface area contributed by atoms with Crippen molar-refractivity contribution in [1.29, 1.82) is 0 Å². The second-order valence-electron chi connectivity index (χ2n) is 4.14. The van der Waals surface area contributed by atoms with Gasteiger partial charge in [0.2, 0.25) is 9.84 Å². The lowest BCUT2D eigenvalue weighted by atomic mass is 10.1. The molecule has 3 rings (SSSR count). The number of hydroxylamine groups is 1. The lowest BCUT2D eigenvalue weighted by Gasteiger charge is -2.08. The van der Waals surface area contributed by atoms with Crippen LogP contribution in [0.4, 0.5) is 0 Å². The van der Waals surface area contributed by atoms with Gasteiger partial charge in [-0.3, -0.25) is 10.3 Å². The predicted molar refractivity (Wildman–Crippen MR) is 67.6 cm³/mol. The van der Waals surface area contributed by atoms with E-state index in [-0.39, 0.29) is 16.4 Å². The highest BCUT2D eigenvalue weighted by Gasteiger charge is 2.38. The standard InChI is InChI=1S/C12H11NO5S/c1-17-10-6-7(2-3-8(10)14)11-12-9(18-13-11)4-5-19(12,15)16/h2-6,9,13-14H,1H3. The topological polar surface area (TPSA) is 84.9 Å². The highest BCUT2D eigenvalue weighted by molar-refractivity contribution is 7.98. The summed E-state index contributed by atoms with van der Waals surface area (Å²) in [6.07, 6.45) is 0.877. The fourth-order valence-electron chi connectivity index (χ4n) is 2.08. The summed E-state index contributed by atoms with van der Waals surface area (Å²) in [5.41, 5.74) is 3.55. The van der Waals surface area contributed by atoms with Gasteiger partial charge in [-0.2, -0.15) is 0 Å². The van der Waals surface area contributed by atoms with Crippen molar-refractivity contribution < 1.29 is 23.1 Å². The number of methoxy groups -OCH3 is 1. The average molecular weight is 281 g/mol. The van der Waals surface area contributed by atoms with Crippen molar-refractivity contribution in [2.24, 2.45) is 0 Å². The lowest BCUT2D eigenvalue weighted by Crippen LogP contribution is -2.09. The molecule has 0 saturated heterocycles. The summed E-state index contributed by atoms with van der Waals surface area (Å²) in [4.78, 5) is 5.37. The summed E-state index contributed by atoms with van der Waals surface area (Å²) < 4.78 is 28.8. The SMILES string of the molecule is COc1cc(C2=C3C(C=CS3(=O)=O)ON2)ccc1O. The minimum atomic E-state index is -3.44. The van der Waals surface area contributed by atoms with E-state index < -0.39 is 15.9 Å². The molecule has 2 aliphatic rings. The largest absolute Gasteiger partial charge is 0.504 e. The first-order chi connectivity index (χ1) is 9.03. The van der Waals surface area contributed by atoms with Crippen LogP contribution in [0.1, 0.15) is 5.56 Å². The number of nitrogens with one attached hydrogen (secondary N) is 1. The molecule has 0 bridgehead atoms. The number of phenolic OH excluding ortho intramolecular Hbond substituents is 1. The van der Waals surface area contributed by atoms with Crippen LogP contribution in [0.25, 0.3) is 5.70 Å². The van der Waals surface area contributed by atoms with E-state index in [9.17, 15) is 13.5 Å². The molecule has 7 heteroatoms. The number of benzene rings is 1. The summed E-state index contributed by atoms with van der Waals surface area (Å²) in [5, 5.41) is 10.7. The number of hydrogen-bond acceptors (Lipinski definition) is 6. The first kappa shape index (κ1) is 12.1. The van der Waals surface area contributed by atoms with Crippen molar-refractivity contribution in [3.05, 3.63) is 40.2 Å². The fourth-order valence-corrected chi connectivity index (χ4v) is 3.47. The Kier molecular flexibility index (Phi) is 2.54. The van der Waals surface area contributed by atoms with Crippen molar-refractivity contribution in [2.45, 2.75) is 6.10 Å². The van der Waals surface area contributed by atoms with E-state index in [2.05, 4.69) is 5.48 Å². The lowest BCUT2D eigenvalue weighted by molar-refractivity contribution is 0.0777. The minimum Gasteiger partial charge on any atom is -0.504 e. The normalized spacial score (nSPS) is 23.3. The molecule has 100 valence electrons. The van der Waals surface area contributed by atoms with Gasteiger partial charge in [0.05, 0.1) is 12.8 Å². The smallest absolute Gasteiger partial charge is 0.200 e. The van der Waals surface area contributed by atoms with E-state index in [0.29, 0.717) is 11.3 Å². The molecular formula is C12H11NO5S. The number of aromatic hydroxyl groups is 1. The Hall–Kier alpha value is -1.99. The molecule has 1 aromatic rings. The molecule has 0 amide bonds. The number of ether oxygens (including phenoxy) is 1. The maximum absolute atomic E-state index is 11.9. The van der Waals surface area contributed by atoms with Gasteiger partial charge in [-0.1, -0.05) is 0 Å². The Labute approximate surface area is 109 Å². The zero-order valence-electron chi connectivity index (χ0n) is 9.95. The second-order valence-corrected chi connectivity index (χ2v) is 5.94. The molecule has 1 atom stereocenters. The Morgan fingerprint density at radius 3 is 2.95 bits per heavy atom. The van der Waals surface area contributed by atoms with Crippen molar-refractivity contribution in [1.82, 2.24) is 5.48 Å². The molecule has 0 aliphatic carbocycles. The van der Waals surface area contributed by atoms with Crippen LogP contribution in [-0.4, -0.2) is 26.7 Å². The van der Waals surface area contributed by atoms with Crippen LogP contribution in [0.5, 0.6) is 11.5 Å². The predicted octanol–water partition coefficient (Wildman–Crippen LogP) is 0.915. The third kappa shape index (κ3) is 1.78. The second kappa shape index (κ2) is 4.01. The van der Waals surface area contributed by atoms with E-state index in [1.165, 1.54) is 19.3 Å². The van der Waals surface area contributed by atoms with E-state index in [1.807, 2.05) is 0 Å². The number of sulfone groups is 1. The fraction of sp³-hybridized carbons (Fsp3) is 0.167. The molecule has 1 aromatic carbocycles. The molecule has 1 unspecified atom stereocenters. The first-order valence-electron chi connectivity index (χ1n) is 5.49. The molecule has 2 aliphatic heterocycles. The molecule has 0 fully saturated rings. The van der Waals surface area contributed by atoms with Crippen LogP contribution in [0, 0.1) is 0 Å². The quantitative estimate of drug-likeness (QED) is 0.838. The van der Waals surface area contributed by atoms with Gasteiger partial charge < -0.3 is 9.84 Å². The van der Waals surface area contributed by atoms with E-state index in [1.54, 1.807) is 12.1 Å². The maximum atomic E-state index is 11.9. The Balaban J connectivity index is 2.15. The number of phenols is 1. The van der Waals surface area contributed by atoms with Gasteiger partial charge in [-0.25, -0.2) is 8.42 Å². The zero-order valence-corrected chi connectivity index (χ0v) is 10.8. The van der Waals surface area contributed by atoms with Crippen LogP contribution in [0.15, 0.2) is 34.6 Å². The summed E-state index contributed by atoms with van der Waals surface area (Å²) in [7, 11) is -2.02. The minimum absolute atomic E-state index is 0.0141. The highest BCUT2D eigenvalue weighted by atomic mass is 32.2. The zero-order chi connectivity index (χ0) is 13.6. The highest BCUT2D eigenvalue weighted by Crippen LogP contribution is 2.37. The van der Waals surface area contributed by atoms with Gasteiger partial charge >= 0.3 is 0 Å². The van der Waals surface area contributed by atoms with Gasteiger partial charge in [-0.15, -0.1) is 0 Å². The third-order valence-corrected chi connectivity index (χ3v) is 4.57. The molecule has 2 N–H and O–H groups in total. The van der Waals surface area contributed by atoms with Crippen molar-refractivity contribution in [3.63, 3.8) is 0 Å². The Bertz CT molecular complexity index is 705. The molecule has 2 heterocycles. The van der Waals surface area contributed by atoms with E-state index in [4.69, 9.17) is 9.57 Å². The maximum Gasteiger partial charge on any atom is 0.200 e. The number of fused-ring (bicyclic) bond motifs is 1. The van der Waals surface area contributed by atoms with Crippen molar-refractivity contribution >= 4 is 15.5 Å². The van der Waals surface area contributed by atoms with Crippen LogP contribution < -0.4 is 10.2 Å². The monoisotopic (exact) mass is 281 g/mol. The number of hydrogen-bond donors (Lipinski definition) is 2. The Morgan fingerprint density at radius 2 is 2.21 bits per heavy atom. The summed E-state index contributed by atoms with van der Waals surface area (Å²) in [5.74, 6) is 0.249. The average Bonchev–Trinajstić information content (AvgIpc) is 2.93. The van der Waals surface area contributed by atoms with Crippen LogP contribution >= 0.6 is 0 Å². The summed E-state index contributed by atoms with van der Waals surface area (Å²) in [6.45, 7) is 0. The first-order valence-corrected chi connectivity index (χ1v) is 7.04. The third-order valence-electron chi connectivity index (χ3n) is 3.00. The van der Waals surface area contributed by atoms with Crippen LogP contribution in [0.2, 0.25) is 0 Å². The molecular weight excluding hydrogens is 270 g/mol.